The highest BCUT2D eigenvalue weighted by molar-refractivity contribution is 7.89. The number of carbonyl (C=O) groups is 1. The zero-order chi connectivity index (χ0) is 29.3. The molecule has 0 aliphatic carbocycles. The van der Waals surface area contributed by atoms with E-state index in [1.807, 2.05) is 4.72 Å². The number of ether oxygens (including phenoxy) is 3. The number of methoxy groups -OCH3 is 1. The van der Waals surface area contributed by atoms with Crippen molar-refractivity contribution in [1.82, 2.24) is 10.0 Å². The molecule has 1 amide bonds. The Hall–Kier alpha value is -2.36. The first-order valence-electron chi connectivity index (χ1n) is 11.6. The maximum absolute atomic E-state index is 13.0. The lowest BCUT2D eigenvalue weighted by Gasteiger charge is -2.55. The second-order valence-electron chi connectivity index (χ2n) is 9.13. The average molecular weight is 582 g/mol. The van der Waals surface area contributed by atoms with Crippen LogP contribution in [0.1, 0.15) is 6.92 Å². The number of aliphatic hydroxyl groups excluding tert-OH is 5. The van der Waals surface area contributed by atoms with Crippen molar-refractivity contribution in [1.29, 1.82) is 0 Å². The first kappa shape index (κ1) is 31.2. The van der Waals surface area contributed by atoms with Gasteiger partial charge >= 0.3 is 0 Å². The van der Waals surface area contributed by atoms with E-state index in [9.17, 15) is 54.0 Å². The lowest BCUT2D eigenvalue weighted by Crippen LogP contribution is -2.79. The number of rotatable bonds is 9. The Balaban J connectivity index is 2.00. The average Bonchev–Trinajstić information content (AvgIpc) is 2.89. The van der Waals surface area contributed by atoms with Gasteiger partial charge in [0, 0.05) is 26.2 Å². The zero-order valence-corrected chi connectivity index (χ0v) is 21.5. The van der Waals surface area contributed by atoms with Crippen LogP contribution in [-0.4, -0.2) is 131 Å². The molecule has 2 heterocycles. The van der Waals surface area contributed by atoms with E-state index in [-0.39, 0.29) is 0 Å². The van der Waals surface area contributed by atoms with E-state index in [1.54, 1.807) is 0 Å². The number of benzene rings is 1. The molecule has 0 unspecified atom stereocenters. The first-order valence-corrected chi connectivity index (χ1v) is 13.1. The van der Waals surface area contributed by atoms with Gasteiger partial charge in [-0.1, -0.05) is 0 Å². The van der Waals surface area contributed by atoms with E-state index in [2.05, 4.69) is 5.32 Å². The van der Waals surface area contributed by atoms with Crippen molar-refractivity contribution in [2.75, 3.05) is 20.3 Å². The van der Waals surface area contributed by atoms with Gasteiger partial charge in [-0.25, -0.2) is 13.1 Å². The standard InChI is InChI=1S/C21H31N3O14S/c1-9(27)22-15-18(30)21(31,13(8-26)38-20(15)36-2)19-17(29)14(16(28)12(7-25)37-19)23-39(34,35)11-5-3-10(4-6-11)24(32)33/h3-6,12-20,23,25-26,28-31H,7-8H2,1-2H3,(H,22,27)/t12-,13-,14-,15+,16+,17-,18-,19-,20+,21-/m1/s1. The molecule has 3 rings (SSSR count). The van der Waals surface area contributed by atoms with Crippen LogP contribution < -0.4 is 10.0 Å². The highest BCUT2D eigenvalue weighted by atomic mass is 32.2. The van der Waals surface area contributed by atoms with Gasteiger partial charge < -0.3 is 50.2 Å². The summed E-state index contributed by atoms with van der Waals surface area (Å²) in [4.78, 5) is 21.4. The molecule has 2 fully saturated rings. The molecular formula is C21H31N3O14S. The van der Waals surface area contributed by atoms with Crippen LogP contribution in [0, 0.1) is 10.1 Å². The quantitative estimate of drug-likeness (QED) is 0.101. The van der Waals surface area contributed by atoms with Crippen LogP contribution in [0.3, 0.4) is 0 Å². The smallest absolute Gasteiger partial charge is 0.269 e. The van der Waals surface area contributed by atoms with Crippen LogP contribution in [0.5, 0.6) is 0 Å². The Morgan fingerprint density at radius 2 is 1.72 bits per heavy atom. The van der Waals surface area contributed by atoms with Crippen molar-refractivity contribution in [3.05, 3.63) is 34.4 Å². The number of sulfonamides is 1. The summed E-state index contributed by atoms with van der Waals surface area (Å²) in [6, 6.07) is 0.321. The van der Waals surface area contributed by atoms with Crippen molar-refractivity contribution in [3.8, 4) is 0 Å². The second-order valence-corrected chi connectivity index (χ2v) is 10.8. The van der Waals surface area contributed by atoms with Gasteiger partial charge in [-0.05, 0) is 12.1 Å². The van der Waals surface area contributed by atoms with Gasteiger partial charge in [0.05, 0.1) is 29.1 Å². The van der Waals surface area contributed by atoms with Gasteiger partial charge in [0.1, 0.15) is 48.3 Å². The highest BCUT2D eigenvalue weighted by Gasteiger charge is 2.64. The van der Waals surface area contributed by atoms with Gasteiger partial charge in [0.25, 0.3) is 5.69 Å². The van der Waals surface area contributed by atoms with E-state index in [0.717, 1.165) is 38.3 Å². The normalized spacial score (nSPS) is 37.3. The lowest BCUT2D eigenvalue weighted by atomic mass is 9.73. The minimum atomic E-state index is -4.58. The SMILES string of the molecule is CO[C@H]1O[C@H](CO)[C@](O)([C@@H]2O[C@H](CO)[C@H](O)[C@@H](NS(=O)(=O)c3ccc([N+](=O)[O-])cc3)[C@H]2O)[C@H](O)[C@@H]1NC(C)=O. The Morgan fingerprint density at radius 3 is 2.21 bits per heavy atom. The van der Waals surface area contributed by atoms with E-state index in [1.165, 1.54) is 0 Å². The fraction of sp³-hybridized carbons (Fsp3) is 0.667. The minimum absolute atomic E-state index is 0.396. The van der Waals surface area contributed by atoms with E-state index >= 15 is 0 Å². The van der Waals surface area contributed by atoms with Crippen molar-refractivity contribution in [3.63, 3.8) is 0 Å². The minimum Gasteiger partial charge on any atom is -0.394 e. The summed E-state index contributed by atoms with van der Waals surface area (Å²) in [7, 11) is -3.41. The van der Waals surface area contributed by atoms with E-state index in [0.29, 0.717) is 0 Å². The molecular weight excluding hydrogens is 550 g/mol. The molecule has 18 heteroatoms. The summed E-state index contributed by atoms with van der Waals surface area (Å²) in [6.45, 7) is -0.811. The van der Waals surface area contributed by atoms with Gasteiger partial charge in [-0.3, -0.25) is 14.9 Å². The Labute approximate surface area is 222 Å². The zero-order valence-electron chi connectivity index (χ0n) is 20.7. The summed E-state index contributed by atoms with van der Waals surface area (Å²) in [5.41, 5.74) is -3.16. The van der Waals surface area contributed by atoms with Crippen molar-refractivity contribution < 1.29 is 63.0 Å². The second kappa shape index (κ2) is 12.0. The monoisotopic (exact) mass is 581 g/mol. The van der Waals surface area contributed by atoms with Crippen LogP contribution in [0.15, 0.2) is 29.2 Å². The fourth-order valence-corrected chi connectivity index (χ4v) is 6.01. The Kier molecular flexibility index (Phi) is 9.61. The van der Waals surface area contributed by atoms with Gasteiger partial charge in [0.15, 0.2) is 6.29 Å². The number of nitrogens with zero attached hydrogens (tertiary/aromatic N) is 1. The summed E-state index contributed by atoms with van der Waals surface area (Å²) >= 11 is 0. The summed E-state index contributed by atoms with van der Waals surface area (Å²) in [6.07, 6.45) is -12.9. The number of carbonyl (C=O) groups excluding carboxylic acids is 1. The number of nitro benzene ring substituents is 1. The van der Waals surface area contributed by atoms with Crippen LogP contribution in [-0.2, 0) is 29.0 Å². The molecule has 17 nitrogen and oxygen atoms in total. The van der Waals surface area contributed by atoms with Gasteiger partial charge in [0.2, 0.25) is 15.9 Å². The van der Waals surface area contributed by atoms with Gasteiger partial charge in [-0.2, -0.15) is 0 Å². The number of nitro groups is 1. The molecule has 2 saturated heterocycles. The summed E-state index contributed by atoms with van der Waals surface area (Å²) in [5, 5.41) is 77.7. The largest absolute Gasteiger partial charge is 0.394 e. The number of hydrogen-bond acceptors (Lipinski definition) is 14. The molecule has 0 aromatic heterocycles. The predicted octanol–water partition coefficient (Wildman–Crippen LogP) is -4.32. The number of non-ortho nitro benzene ring substituents is 1. The summed E-state index contributed by atoms with van der Waals surface area (Å²) < 4.78 is 44.2. The Bertz CT molecular complexity index is 1140. The molecule has 1 aromatic rings. The van der Waals surface area contributed by atoms with Crippen molar-refractivity contribution >= 4 is 21.6 Å². The molecule has 10 atom stereocenters. The van der Waals surface area contributed by atoms with Crippen LogP contribution in [0.25, 0.3) is 0 Å². The van der Waals surface area contributed by atoms with E-state index in [4.69, 9.17) is 14.2 Å². The first-order chi connectivity index (χ1) is 18.2. The third-order valence-electron chi connectivity index (χ3n) is 6.72. The van der Waals surface area contributed by atoms with Crippen molar-refractivity contribution in [2.45, 2.75) is 72.4 Å². The van der Waals surface area contributed by atoms with Crippen LogP contribution in [0.2, 0.25) is 0 Å². The third-order valence-corrected chi connectivity index (χ3v) is 8.20. The number of amides is 1. The highest BCUT2D eigenvalue weighted by Crippen LogP contribution is 2.39. The van der Waals surface area contributed by atoms with E-state index < -0.39 is 105 Å². The molecule has 39 heavy (non-hydrogen) atoms. The maximum Gasteiger partial charge on any atom is 0.269 e. The molecule has 0 bridgehead atoms. The summed E-state index contributed by atoms with van der Waals surface area (Å²) in [5.74, 6) is -0.669. The number of aliphatic hydroxyl groups is 6. The fourth-order valence-electron chi connectivity index (χ4n) is 4.75. The molecule has 0 saturated carbocycles. The van der Waals surface area contributed by atoms with Gasteiger partial charge in [-0.15, -0.1) is 0 Å². The topological polar surface area (TPSA) is 267 Å². The molecule has 1 aromatic carbocycles. The van der Waals surface area contributed by atoms with Crippen LogP contribution >= 0.6 is 0 Å². The lowest BCUT2D eigenvalue weighted by molar-refractivity contribution is -0.384. The van der Waals surface area contributed by atoms with Crippen LogP contribution in [0.4, 0.5) is 5.69 Å². The predicted molar refractivity (Wildman–Crippen MR) is 126 cm³/mol. The Morgan fingerprint density at radius 1 is 1.10 bits per heavy atom. The molecule has 8 N–H and O–H groups in total. The van der Waals surface area contributed by atoms with Crippen molar-refractivity contribution in [2.24, 2.45) is 0 Å². The maximum atomic E-state index is 13.0. The third kappa shape index (κ3) is 5.91. The molecule has 0 radical (unpaired) electrons. The number of nitrogens with one attached hydrogen (secondary N) is 2. The molecule has 2 aliphatic rings. The molecule has 0 spiro atoms. The molecule has 220 valence electrons. The molecule has 2 aliphatic heterocycles. The number of hydrogen-bond donors (Lipinski definition) is 8.